The third-order valence-electron chi connectivity index (χ3n) is 3.79. The molecule has 7 heteroatoms. The summed E-state index contributed by atoms with van der Waals surface area (Å²) in [5.74, 6) is -0.377. The SMILES string of the molecule is CC(=O)Nc1ccccc1NC(=O)CN1CCC[C@H](NC(C)=O)C1. The second kappa shape index (κ2) is 8.44. The van der Waals surface area contributed by atoms with E-state index in [1.54, 1.807) is 24.3 Å². The van der Waals surface area contributed by atoms with Crippen LogP contribution in [0.3, 0.4) is 0 Å². The van der Waals surface area contributed by atoms with Gasteiger partial charge in [0.1, 0.15) is 0 Å². The molecule has 24 heavy (non-hydrogen) atoms. The number of carbonyl (C=O) groups is 3. The fourth-order valence-electron chi connectivity index (χ4n) is 2.89. The maximum absolute atomic E-state index is 12.3. The Hall–Kier alpha value is -2.41. The van der Waals surface area contributed by atoms with Crippen LogP contribution in [-0.2, 0) is 14.4 Å². The zero-order chi connectivity index (χ0) is 17.5. The number of amides is 3. The first kappa shape index (κ1) is 17.9. The highest BCUT2D eigenvalue weighted by molar-refractivity contribution is 5.99. The molecule has 0 radical (unpaired) electrons. The molecule has 0 aliphatic carbocycles. The van der Waals surface area contributed by atoms with E-state index in [4.69, 9.17) is 0 Å². The molecule has 0 spiro atoms. The number of carbonyl (C=O) groups excluding carboxylic acids is 3. The van der Waals surface area contributed by atoms with E-state index in [2.05, 4.69) is 16.0 Å². The number of hydrogen-bond acceptors (Lipinski definition) is 4. The van der Waals surface area contributed by atoms with E-state index in [0.29, 0.717) is 17.9 Å². The second-order valence-corrected chi connectivity index (χ2v) is 6.05. The predicted molar refractivity (Wildman–Crippen MR) is 92.7 cm³/mol. The maximum Gasteiger partial charge on any atom is 0.238 e. The van der Waals surface area contributed by atoms with E-state index < -0.39 is 0 Å². The zero-order valence-corrected chi connectivity index (χ0v) is 14.1. The average molecular weight is 332 g/mol. The molecule has 3 N–H and O–H groups in total. The molecule has 1 aromatic rings. The fraction of sp³-hybridized carbons (Fsp3) is 0.471. The minimum atomic E-state index is -0.189. The minimum absolute atomic E-state index is 0.0458. The molecule has 1 aromatic carbocycles. The Labute approximate surface area is 141 Å². The molecule has 0 saturated carbocycles. The van der Waals surface area contributed by atoms with Crippen LogP contribution in [0, 0.1) is 0 Å². The lowest BCUT2D eigenvalue weighted by molar-refractivity contribution is -0.120. The van der Waals surface area contributed by atoms with Crippen molar-refractivity contribution in [3.8, 4) is 0 Å². The molecule has 130 valence electrons. The number of piperidine rings is 1. The average Bonchev–Trinajstić information content (AvgIpc) is 2.48. The highest BCUT2D eigenvalue weighted by atomic mass is 16.2. The van der Waals surface area contributed by atoms with Crippen molar-refractivity contribution in [3.63, 3.8) is 0 Å². The third kappa shape index (κ3) is 5.66. The van der Waals surface area contributed by atoms with E-state index in [1.165, 1.54) is 13.8 Å². The number of rotatable bonds is 5. The predicted octanol–water partition coefficient (Wildman–Crippen LogP) is 1.18. The number of benzene rings is 1. The number of hydrogen-bond donors (Lipinski definition) is 3. The van der Waals surface area contributed by atoms with Crippen molar-refractivity contribution in [2.24, 2.45) is 0 Å². The molecule has 0 unspecified atom stereocenters. The highest BCUT2D eigenvalue weighted by Crippen LogP contribution is 2.21. The largest absolute Gasteiger partial charge is 0.352 e. The van der Waals surface area contributed by atoms with Gasteiger partial charge in [-0.2, -0.15) is 0 Å². The van der Waals surface area contributed by atoms with Crippen molar-refractivity contribution in [1.29, 1.82) is 0 Å². The van der Waals surface area contributed by atoms with Gasteiger partial charge in [0.05, 0.1) is 17.9 Å². The summed E-state index contributed by atoms with van der Waals surface area (Å²) in [6, 6.07) is 7.18. The molecule has 2 rings (SSSR count). The van der Waals surface area contributed by atoms with Gasteiger partial charge < -0.3 is 16.0 Å². The number of likely N-dealkylation sites (tertiary alicyclic amines) is 1. The van der Waals surface area contributed by atoms with Crippen LogP contribution in [0.1, 0.15) is 26.7 Å². The van der Waals surface area contributed by atoms with E-state index in [0.717, 1.165) is 19.4 Å². The molecule has 1 aliphatic rings. The summed E-state index contributed by atoms with van der Waals surface area (Å²) in [7, 11) is 0. The van der Waals surface area contributed by atoms with E-state index >= 15 is 0 Å². The van der Waals surface area contributed by atoms with E-state index in [-0.39, 0.29) is 30.3 Å². The normalized spacial score (nSPS) is 17.8. The van der Waals surface area contributed by atoms with Crippen molar-refractivity contribution >= 4 is 29.1 Å². The Morgan fingerprint density at radius 2 is 1.75 bits per heavy atom. The van der Waals surface area contributed by atoms with Crippen molar-refractivity contribution in [1.82, 2.24) is 10.2 Å². The van der Waals surface area contributed by atoms with Crippen molar-refractivity contribution in [2.45, 2.75) is 32.7 Å². The monoisotopic (exact) mass is 332 g/mol. The van der Waals surface area contributed by atoms with Crippen LogP contribution >= 0.6 is 0 Å². The first-order valence-corrected chi connectivity index (χ1v) is 8.10. The summed E-state index contributed by atoms with van der Waals surface area (Å²) in [6.45, 7) is 4.68. The van der Waals surface area contributed by atoms with Crippen LogP contribution in [0.25, 0.3) is 0 Å². The Bertz CT molecular complexity index is 618. The quantitative estimate of drug-likeness (QED) is 0.755. The standard InChI is InChI=1S/C17H24N4O3/c1-12(22)18-14-6-5-9-21(10-14)11-17(24)20-16-8-4-3-7-15(16)19-13(2)23/h3-4,7-8,14H,5-6,9-11H2,1-2H3,(H,18,22)(H,19,23)(H,20,24)/t14-/m0/s1. The second-order valence-electron chi connectivity index (χ2n) is 6.05. The molecular formula is C17H24N4O3. The van der Waals surface area contributed by atoms with Gasteiger partial charge in [0.15, 0.2) is 0 Å². The molecule has 3 amide bonds. The molecular weight excluding hydrogens is 308 g/mol. The summed E-state index contributed by atoms with van der Waals surface area (Å²) < 4.78 is 0. The number of nitrogens with zero attached hydrogens (tertiary/aromatic N) is 1. The summed E-state index contributed by atoms with van der Waals surface area (Å²) in [5.41, 5.74) is 1.15. The Kier molecular flexibility index (Phi) is 6.31. The van der Waals surface area contributed by atoms with Gasteiger partial charge >= 0.3 is 0 Å². The molecule has 1 atom stereocenters. The lowest BCUT2D eigenvalue weighted by atomic mass is 10.1. The number of anilines is 2. The first-order chi connectivity index (χ1) is 11.4. The fourth-order valence-corrected chi connectivity index (χ4v) is 2.89. The lowest BCUT2D eigenvalue weighted by Gasteiger charge is -2.32. The van der Waals surface area contributed by atoms with Crippen LogP contribution in [0.4, 0.5) is 11.4 Å². The first-order valence-electron chi connectivity index (χ1n) is 8.10. The molecule has 1 saturated heterocycles. The summed E-state index contributed by atoms with van der Waals surface area (Å²) in [5, 5.41) is 8.44. The zero-order valence-electron chi connectivity index (χ0n) is 14.1. The highest BCUT2D eigenvalue weighted by Gasteiger charge is 2.22. The van der Waals surface area contributed by atoms with E-state index in [9.17, 15) is 14.4 Å². The maximum atomic E-state index is 12.3. The van der Waals surface area contributed by atoms with Crippen LogP contribution in [-0.4, -0.2) is 48.3 Å². The van der Waals surface area contributed by atoms with Crippen LogP contribution in [0.15, 0.2) is 24.3 Å². The summed E-state index contributed by atoms with van der Waals surface area (Å²) in [4.78, 5) is 36.7. The minimum Gasteiger partial charge on any atom is -0.352 e. The Balaban J connectivity index is 1.91. The van der Waals surface area contributed by atoms with Crippen LogP contribution in [0.2, 0.25) is 0 Å². The Morgan fingerprint density at radius 3 is 2.38 bits per heavy atom. The molecule has 1 heterocycles. The van der Waals surface area contributed by atoms with Crippen molar-refractivity contribution in [2.75, 3.05) is 30.3 Å². The van der Waals surface area contributed by atoms with Crippen molar-refractivity contribution < 1.29 is 14.4 Å². The van der Waals surface area contributed by atoms with Gasteiger partial charge in [-0.3, -0.25) is 19.3 Å². The third-order valence-corrected chi connectivity index (χ3v) is 3.79. The van der Waals surface area contributed by atoms with Gasteiger partial charge in [-0.15, -0.1) is 0 Å². The molecule has 1 aliphatic heterocycles. The Morgan fingerprint density at radius 1 is 1.08 bits per heavy atom. The molecule has 1 fully saturated rings. The number of nitrogens with one attached hydrogen (secondary N) is 3. The molecule has 0 aromatic heterocycles. The van der Waals surface area contributed by atoms with Crippen molar-refractivity contribution in [3.05, 3.63) is 24.3 Å². The smallest absolute Gasteiger partial charge is 0.238 e. The lowest BCUT2D eigenvalue weighted by Crippen LogP contribution is -2.49. The van der Waals surface area contributed by atoms with Gasteiger partial charge in [0, 0.05) is 26.4 Å². The van der Waals surface area contributed by atoms with Gasteiger partial charge in [0.25, 0.3) is 0 Å². The molecule has 0 bridgehead atoms. The van der Waals surface area contributed by atoms with Gasteiger partial charge in [-0.25, -0.2) is 0 Å². The van der Waals surface area contributed by atoms with Crippen LogP contribution in [0.5, 0.6) is 0 Å². The van der Waals surface area contributed by atoms with Gasteiger partial charge in [0.2, 0.25) is 17.7 Å². The molecule has 7 nitrogen and oxygen atoms in total. The summed E-state index contributed by atoms with van der Waals surface area (Å²) >= 11 is 0. The number of para-hydroxylation sites is 2. The van der Waals surface area contributed by atoms with Gasteiger partial charge in [-0.05, 0) is 31.5 Å². The topological polar surface area (TPSA) is 90.5 Å². The van der Waals surface area contributed by atoms with Gasteiger partial charge in [-0.1, -0.05) is 12.1 Å². The van der Waals surface area contributed by atoms with E-state index in [1.807, 2.05) is 4.90 Å². The van der Waals surface area contributed by atoms with Crippen LogP contribution < -0.4 is 16.0 Å². The summed E-state index contributed by atoms with van der Waals surface area (Å²) in [6.07, 6.45) is 1.88.